The second kappa shape index (κ2) is 7.37. The molecule has 2 aromatic heterocycles. The molecule has 3 aromatic carbocycles. The van der Waals surface area contributed by atoms with Crippen LogP contribution in [0.3, 0.4) is 0 Å². The van der Waals surface area contributed by atoms with Crippen molar-refractivity contribution < 1.29 is 4.79 Å². The lowest BCUT2D eigenvalue weighted by Crippen LogP contribution is -2.14. The van der Waals surface area contributed by atoms with Crippen molar-refractivity contribution in [1.82, 2.24) is 14.5 Å². The third-order valence-electron chi connectivity index (χ3n) is 5.33. The maximum atomic E-state index is 13.4. The number of fused-ring (bicyclic) bond motifs is 1. The number of hydrogen-bond acceptors (Lipinski definition) is 2. The van der Waals surface area contributed by atoms with Crippen LogP contribution in [0, 0.1) is 6.92 Å². The number of nitrogens with zero attached hydrogens (tertiary/aromatic N) is 2. The highest BCUT2D eigenvalue weighted by Gasteiger charge is 2.23. The summed E-state index contributed by atoms with van der Waals surface area (Å²) in [7, 11) is 0. The molecule has 0 bridgehead atoms. The van der Waals surface area contributed by atoms with Gasteiger partial charge in [0.15, 0.2) is 0 Å². The molecule has 1 amide bonds. The number of amides is 1. The molecule has 5 aromatic rings. The van der Waals surface area contributed by atoms with E-state index >= 15 is 0 Å². The molecule has 5 heteroatoms. The van der Waals surface area contributed by atoms with Gasteiger partial charge in [0.05, 0.1) is 18.1 Å². The monoisotopic (exact) mass is 392 g/mol. The molecule has 0 saturated heterocycles. The van der Waals surface area contributed by atoms with Crippen LogP contribution in [-0.2, 0) is 0 Å². The van der Waals surface area contributed by atoms with E-state index in [9.17, 15) is 4.79 Å². The summed E-state index contributed by atoms with van der Waals surface area (Å²) in [5.74, 6) is 0.674. The van der Waals surface area contributed by atoms with E-state index in [0.29, 0.717) is 5.56 Å². The zero-order valence-electron chi connectivity index (χ0n) is 16.5. The van der Waals surface area contributed by atoms with E-state index in [0.717, 1.165) is 39.1 Å². The fraction of sp³-hybridized carbons (Fsp3) is 0.0400. The number of anilines is 1. The summed E-state index contributed by atoms with van der Waals surface area (Å²) in [6.45, 7) is 1.95. The molecule has 5 nitrogen and oxygen atoms in total. The van der Waals surface area contributed by atoms with Crippen molar-refractivity contribution in [1.29, 1.82) is 0 Å². The molecule has 0 saturated carbocycles. The highest BCUT2D eigenvalue weighted by molar-refractivity contribution is 6.12. The average Bonchev–Trinajstić information content (AvgIpc) is 3.42. The molecule has 0 unspecified atom stereocenters. The Morgan fingerprint density at radius 3 is 2.50 bits per heavy atom. The molecule has 0 radical (unpaired) electrons. The first-order valence-electron chi connectivity index (χ1n) is 9.77. The highest BCUT2D eigenvalue weighted by atomic mass is 16.1. The minimum absolute atomic E-state index is 0.139. The van der Waals surface area contributed by atoms with Crippen LogP contribution in [0.15, 0.2) is 91.5 Å². The number of aromatic amines is 1. The molecule has 146 valence electrons. The first kappa shape index (κ1) is 17.9. The molecule has 2 heterocycles. The minimum Gasteiger partial charge on any atom is -0.331 e. The Bertz CT molecular complexity index is 1330. The molecule has 0 atom stereocenters. The van der Waals surface area contributed by atoms with E-state index in [-0.39, 0.29) is 5.91 Å². The third kappa shape index (κ3) is 3.06. The number of para-hydroxylation sites is 1. The highest BCUT2D eigenvalue weighted by Crippen LogP contribution is 2.35. The first-order valence-corrected chi connectivity index (χ1v) is 9.77. The summed E-state index contributed by atoms with van der Waals surface area (Å²) in [5.41, 5.74) is 4.15. The van der Waals surface area contributed by atoms with E-state index < -0.39 is 0 Å². The molecule has 0 aliphatic carbocycles. The van der Waals surface area contributed by atoms with Gasteiger partial charge in [-0.3, -0.25) is 4.79 Å². The lowest BCUT2D eigenvalue weighted by molar-refractivity contribution is 0.102. The Hall–Kier alpha value is -4.12. The Kier molecular flexibility index (Phi) is 4.41. The van der Waals surface area contributed by atoms with Gasteiger partial charge in [-0.15, -0.1) is 0 Å². The average molecular weight is 392 g/mol. The molecule has 0 aliphatic heterocycles. The molecular weight excluding hydrogens is 372 g/mol. The van der Waals surface area contributed by atoms with Crippen molar-refractivity contribution in [3.05, 3.63) is 103 Å². The van der Waals surface area contributed by atoms with Gasteiger partial charge in [0.25, 0.3) is 5.91 Å². The van der Waals surface area contributed by atoms with Crippen molar-refractivity contribution in [3.63, 3.8) is 0 Å². The summed E-state index contributed by atoms with van der Waals surface area (Å²) in [6.07, 6.45) is 5.39. The van der Waals surface area contributed by atoms with Gasteiger partial charge in [0.2, 0.25) is 0 Å². The summed E-state index contributed by atoms with van der Waals surface area (Å²) in [4.78, 5) is 20.7. The smallest absolute Gasteiger partial charge is 0.258 e. The largest absolute Gasteiger partial charge is 0.331 e. The fourth-order valence-electron chi connectivity index (χ4n) is 3.90. The molecular formula is C25H20N4O. The maximum absolute atomic E-state index is 13.4. The van der Waals surface area contributed by atoms with E-state index in [4.69, 9.17) is 0 Å². The van der Waals surface area contributed by atoms with Gasteiger partial charge < -0.3 is 14.9 Å². The number of nitrogens with one attached hydrogen (secondary N) is 2. The van der Waals surface area contributed by atoms with Crippen LogP contribution >= 0.6 is 0 Å². The predicted molar refractivity (Wildman–Crippen MR) is 120 cm³/mol. The second-order valence-electron chi connectivity index (χ2n) is 7.16. The second-order valence-corrected chi connectivity index (χ2v) is 7.16. The quantitative estimate of drug-likeness (QED) is 0.419. The zero-order chi connectivity index (χ0) is 20.5. The normalized spacial score (nSPS) is 11.0. The standard InChI is InChI=1S/C25H20N4O/c1-17-24(25(30)28-19-10-3-2-4-11-19)22(15-29(17)23-14-26-16-27-23)21-13-7-9-18-8-5-6-12-20(18)21/h2-16H,1H3,(H,26,27)(H,28,30). The lowest BCUT2D eigenvalue weighted by atomic mass is 9.96. The van der Waals surface area contributed by atoms with Gasteiger partial charge in [-0.2, -0.15) is 0 Å². The van der Waals surface area contributed by atoms with E-state index in [2.05, 4.69) is 39.6 Å². The molecule has 2 N–H and O–H groups in total. The van der Waals surface area contributed by atoms with Crippen molar-refractivity contribution in [2.24, 2.45) is 0 Å². The zero-order valence-corrected chi connectivity index (χ0v) is 16.5. The Balaban J connectivity index is 1.71. The molecule has 0 aliphatic rings. The number of H-pyrrole nitrogens is 1. The summed E-state index contributed by atoms with van der Waals surface area (Å²) < 4.78 is 1.98. The molecule has 0 spiro atoms. The van der Waals surface area contributed by atoms with Crippen molar-refractivity contribution in [2.75, 3.05) is 5.32 Å². The molecule has 30 heavy (non-hydrogen) atoms. The lowest BCUT2D eigenvalue weighted by Gasteiger charge is -2.10. The fourth-order valence-corrected chi connectivity index (χ4v) is 3.90. The molecule has 5 rings (SSSR count). The van der Waals surface area contributed by atoms with Gasteiger partial charge in [-0.1, -0.05) is 60.7 Å². The van der Waals surface area contributed by atoms with Gasteiger partial charge in [0, 0.05) is 23.1 Å². The van der Waals surface area contributed by atoms with Gasteiger partial charge in [-0.25, -0.2) is 4.98 Å². The van der Waals surface area contributed by atoms with Crippen LogP contribution in [-0.4, -0.2) is 20.4 Å². The number of aromatic nitrogens is 3. The van der Waals surface area contributed by atoms with Crippen LogP contribution in [0.4, 0.5) is 5.69 Å². The number of imidazole rings is 1. The van der Waals surface area contributed by atoms with E-state index in [1.54, 1.807) is 12.5 Å². The van der Waals surface area contributed by atoms with Gasteiger partial charge in [-0.05, 0) is 35.4 Å². The van der Waals surface area contributed by atoms with Crippen LogP contribution < -0.4 is 5.32 Å². The third-order valence-corrected chi connectivity index (χ3v) is 5.33. The predicted octanol–water partition coefficient (Wildman–Crippen LogP) is 5.58. The number of carbonyl (C=O) groups excluding carboxylic acids is 1. The van der Waals surface area contributed by atoms with Gasteiger partial charge in [0.1, 0.15) is 5.82 Å². The summed E-state index contributed by atoms with van der Waals surface area (Å²) in [6, 6.07) is 23.9. The number of benzene rings is 3. The summed E-state index contributed by atoms with van der Waals surface area (Å²) >= 11 is 0. The van der Waals surface area contributed by atoms with E-state index in [1.807, 2.05) is 66.2 Å². The Morgan fingerprint density at radius 1 is 0.933 bits per heavy atom. The van der Waals surface area contributed by atoms with Crippen LogP contribution in [0.25, 0.3) is 27.7 Å². The van der Waals surface area contributed by atoms with Crippen LogP contribution in [0.5, 0.6) is 0 Å². The maximum Gasteiger partial charge on any atom is 0.258 e. The number of carbonyl (C=O) groups is 1. The number of hydrogen-bond donors (Lipinski definition) is 2. The Labute approximate surface area is 174 Å². The first-order chi connectivity index (χ1) is 14.7. The minimum atomic E-state index is -0.139. The van der Waals surface area contributed by atoms with Crippen molar-refractivity contribution >= 4 is 22.4 Å². The number of rotatable bonds is 4. The van der Waals surface area contributed by atoms with Crippen molar-refractivity contribution in [3.8, 4) is 16.9 Å². The van der Waals surface area contributed by atoms with E-state index in [1.165, 1.54) is 0 Å². The topological polar surface area (TPSA) is 62.7 Å². The SMILES string of the molecule is Cc1c(C(=O)Nc2ccccc2)c(-c2cccc3ccccc23)cn1-c1cnc[nH]1. The Morgan fingerprint density at radius 2 is 1.70 bits per heavy atom. The van der Waals surface area contributed by atoms with Gasteiger partial charge >= 0.3 is 0 Å². The van der Waals surface area contributed by atoms with Crippen LogP contribution in [0.1, 0.15) is 16.1 Å². The molecule has 0 fully saturated rings. The van der Waals surface area contributed by atoms with Crippen LogP contribution in [0.2, 0.25) is 0 Å². The van der Waals surface area contributed by atoms with Crippen molar-refractivity contribution in [2.45, 2.75) is 6.92 Å². The summed E-state index contributed by atoms with van der Waals surface area (Å²) in [5, 5.41) is 5.28.